The average Bonchev–Trinajstić information content (AvgIpc) is 2.98. The molecule has 100 valence electrons. The second-order valence-electron chi connectivity index (χ2n) is 5.19. The van der Waals surface area contributed by atoms with Crippen molar-refractivity contribution in [3.63, 3.8) is 0 Å². The largest absolute Gasteiger partial charge is 0.368 e. The summed E-state index contributed by atoms with van der Waals surface area (Å²) in [7, 11) is 0. The summed E-state index contributed by atoms with van der Waals surface area (Å²) in [6.07, 6.45) is -0.152. The number of hydrogen-bond donors (Lipinski definition) is 0. The number of epoxide rings is 1. The van der Waals surface area contributed by atoms with E-state index in [-0.39, 0.29) is 39.5 Å². The second-order valence-corrected chi connectivity index (χ2v) is 8.97. The second kappa shape index (κ2) is 3.38. The molecule has 1 aliphatic heterocycles. The molecule has 0 spiro atoms. The molecule has 18 heavy (non-hydrogen) atoms. The fraction of sp³-hybridized carbons (Fsp3) is 0.800. The molecule has 0 N–H and O–H groups in total. The number of hydrogen-bond acceptors (Lipinski definition) is 1. The standard InChI is InChI=1S/C10H5Cl7O/c11-3-1-2(4-5(3)18-4)9(15)7(13)6(12)8(1,14)10(9,16)17/h1-5H/t1-,2+,3+,4-,5+,8+,9-/m1/s1. The molecule has 2 bridgehead atoms. The van der Waals surface area contributed by atoms with Crippen LogP contribution in [0.1, 0.15) is 0 Å². The molecule has 3 fully saturated rings. The summed E-state index contributed by atoms with van der Waals surface area (Å²) >= 11 is 45.0. The molecule has 4 aliphatic rings. The van der Waals surface area contributed by atoms with Gasteiger partial charge in [-0.05, 0) is 0 Å². The van der Waals surface area contributed by atoms with Crippen molar-refractivity contribution in [1.82, 2.24) is 0 Å². The topological polar surface area (TPSA) is 12.5 Å². The fourth-order valence-corrected chi connectivity index (χ4v) is 7.49. The van der Waals surface area contributed by atoms with Gasteiger partial charge in [0.05, 0.1) is 21.5 Å². The molecule has 1 nitrogen and oxygen atoms in total. The van der Waals surface area contributed by atoms with Crippen LogP contribution in [-0.4, -0.2) is 31.7 Å². The molecule has 0 amide bonds. The van der Waals surface area contributed by atoms with Gasteiger partial charge in [-0.2, -0.15) is 0 Å². The molecule has 8 heteroatoms. The fourth-order valence-electron chi connectivity index (χ4n) is 3.80. The zero-order valence-corrected chi connectivity index (χ0v) is 13.7. The summed E-state index contributed by atoms with van der Waals surface area (Å²) in [5.74, 6) is -0.457. The van der Waals surface area contributed by atoms with E-state index in [1.54, 1.807) is 0 Å². The number of alkyl halides is 5. The lowest BCUT2D eigenvalue weighted by molar-refractivity contribution is 0.204. The summed E-state index contributed by atoms with van der Waals surface area (Å²) in [4.78, 5) is -2.48. The van der Waals surface area contributed by atoms with Crippen molar-refractivity contribution >= 4 is 81.2 Å². The van der Waals surface area contributed by atoms with E-state index in [4.69, 9.17) is 85.9 Å². The molecular weight excluding hydrogens is 384 g/mol. The van der Waals surface area contributed by atoms with Gasteiger partial charge in [0.2, 0.25) is 0 Å². The van der Waals surface area contributed by atoms with Gasteiger partial charge in [-0.25, -0.2) is 0 Å². The van der Waals surface area contributed by atoms with Crippen LogP contribution in [0.2, 0.25) is 0 Å². The summed E-state index contributed by atoms with van der Waals surface area (Å²) in [6.45, 7) is 0. The Bertz CT molecular complexity index is 476. The van der Waals surface area contributed by atoms with Gasteiger partial charge in [0.25, 0.3) is 0 Å². The maximum Gasteiger partial charge on any atom is 0.166 e. The molecule has 0 radical (unpaired) electrons. The Labute approximate surface area is 139 Å². The van der Waals surface area contributed by atoms with Gasteiger partial charge in [-0.3, -0.25) is 0 Å². The van der Waals surface area contributed by atoms with E-state index in [2.05, 4.69) is 0 Å². The first-order valence-corrected chi connectivity index (χ1v) is 8.02. The molecule has 7 atom stereocenters. The minimum absolute atomic E-state index is 0.0608. The molecule has 1 heterocycles. The summed E-state index contributed by atoms with van der Waals surface area (Å²) in [6, 6.07) is 0. The SMILES string of the molecule is ClC1=C(Cl)[C@]2(Cl)[C@@H]3[C@H]4O[C@H]4[C@@H](Cl)[C@@H]3[C@@]1(Cl)C2(Cl)Cl. The first kappa shape index (κ1) is 13.4. The molecule has 4 rings (SSSR count). The van der Waals surface area contributed by atoms with Crippen LogP contribution < -0.4 is 0 Å². The number of allylic oxidation sites excluding steroid dienone is 2. The van der Waals surface area contributed by atoms with Gasteiger partial charge in [0.1, 0.15) is 15.9 Å². The Morgan fingerprint density at radius 1 is 0.833 bits per heavy atom. The molecule has 0 aromatic carbocycles. The normalized spacial score (nSPS) is 63.2. The first-order chi connectivity index (χ1) is 8.20. The molecule has 0 unspecified atom stereocenters. The van der Waals surface area contributed by atoms with Gasteiger partial charge in [-0.15, -0.1) is 34.8 Å². The monoisotopic (exact) mass is 386 g/mol. The Morgan fingerprint density at radius 2 is 1.33 bits per heavy atom. The first-order valence-electron chi connectivity index (χ1n) is 5.32. The smallest absolute Gasteiger partial charge is 0.166 e. The van der Waals surface area contributed by atoms with E-state index < -0.39 is 14.1 Å². The highest BCUT2D eigenvalue weighted by Gasteiger charge is 2.89. The van der Waals surface area contributed by atoms with Crippen LogP contribution in [0.25, 0.3) is 0 Å². The van der Waals surface area contributed by atoms with Crippen LogP contribution >= 0.6 is 81.2 Å². The summed E-state index contributed by atoms with van der Waals surface area (Å²) in [5, 5.41) is 0.111. The van der Waals surface area contributed by atoms with Crippen molar-refractivity contribution in [1.29, 1.82) is 0 Å². The van der Waals surface area contributed by atoms with Crippen molar-refractivity contribution < 1.29 is 4.74 Å². The lowest BCUT2D eigenvalue weighted by Gasteiger charge is -2.35. The highest BCUT2D eigenvalue weighted by atomic mass is 35.5. The van der Waals surface area contributed by atoms with E-state index in [1.165, 1.54) is 0 Å². The maximum absolute atomic E-state index is 6.65. The lowest BCUT2D eigenvalue weighted by Crippen LogP contribution is -2.46. The van der Waals surface area contributed by atoms with Crippen LogP contribution in [0.3, 0.4) is 0 Å². The zero-order chi connectivity index (χ0) is 13.2. The quantitative estimate of drug-likeness (QED) is 0.441. The number of fused-ring (bicyclic) bond motifs is 7. The highest BCUT2D eigenvalue weighted by Crippen LogP contribution is 2.81. The average molecular weight is 389 g/mol. The summed E-state index contributed by atoms with van der Waals surface area (Å²) in [5.41, 5.74) is 0. The lowest BCUT2D eigenvalue weighted by atomic mass is 9.83. The van der Waals surface area contributed by atoms with E-state index in [0.717, 1.165) is 0 Å². The van der Waals surface area contributed by atoms with Crippen molar-refractivity contribution in [3.8, 4) is 0 Å². The molecule has 0 aromatic rings. The number of ether oxygens (including phenoxy) is 1. The number of rotatable bonds is 0. The van der Waals surface area contributed by atoms with E-state index in [0.29, 0.717) is 0 Å². The van der Waals surface area contributed by atoms with Crippen molar-refractivity contribution in [2.45, 2.75) is 31.7 Å². The van der Waals surface area contributed by atoms with Gasteiger partial charge in [0, 0.05) is 11.8 Å². The van der Waals surface area contributed by atoms with Crippen LogP contribution in [0, 0.1) is 11.8 Å². The molecule has 0 aromatic heterocycles. The summed E-state index contributed by atoms with van der Waals surface area (Å²) < 4.78 is 4.00. The third kappa shape index (κ3) is 1.02. The van der Waals surface area contributed by atoms with Gasteiger partial charge < -0.3 is 4.74 Å². The Hall–Kier alpha value is 1.73. The van der Waals surface area contributed by atoms with Crippen molar-refractivity contribution in [2.24, 2.45) is 11.8 Å². The van der Waals surface area contributed by atoms with Gasteiger partial charge in [0.15, 0.2) is 4.33 Å². The van der Waals surface area contributed by atoms with E-state index >= 15 is 0 Å². The Kier molecular flexibility index (Phi) is 2.52. The Morgan fingerprint density at radius 3 is 1.89 bits per heavy atom. The molecule has 1 saturated heterocycles. The van der Waals surface area contributed by atoms with E-state index in [1.807, 2.05) is 0 Å². The van der Waals surface area contributed by atoms with Gasteiger partial charge in [-0.1, -0.05) is 46.4 Å². The Balaban J connectivity index is 2.01. The maximum atomic E-state index is 6.65. The number of halogens is 7. The third-order valence-corrected chi connectivity index (χ3v) is 9.44. The predicted octanol–water partition coefficient (Wildman–Crippen LogP) is 4.45. The van der Waals surface area contributed by atoms with Crippen molar-refractivity contribution in [2.75, 3.05) is 0 Å². The molecule has 2 saturated carbocycles. The third-order valence-electron chi connectivity index (χ3n) is 4.62. The minimum Gasteiger partial charge on any atom is -0.368 e. The van der Waals surface area contributed by atoms with Crippen LogP contribution in [0.5, 0.6) is 0 Å². The molecule has 3 aliphatic carbocycles. The van der Waals surface area contributed by atoms with Gasteiger partial charge >= 0.3 is 0 Å². The van der Waals surface area contributed by atoms with Crippen LogP contribution in [0.15, 0.2) is 10.1 Å². The zero-order valence-electron chi connectivity index (χ0n) is 8.44. The van der Waals surface area contributed by atoms with Crippen LogP contribution in [-0.2, 0) is 4.74 Å². The van der Waals surface area contributed by atoms with Crippen molar-refractivity contribution in [3.05, 3.63) is 10.1 Å². The molecular formula is C10H5Cl7O. The van der Waals surface area contributed by atoms with Crippen LogP contribution in [0.4, 0.5) is 0 Å². The highest BCUT2D eigenvalue weighted by molar-refractivity contribution is 6.66. The van der Waals surface area contributed by atoms with E-state index in [9.17, 15) is 0 Å². The minimum atomic E-state index is -1.50. The predicted molar refractivity (Wildman–Crippen MR) is 75.6 cm³/mol.